The van der Waals surface area contributed by atoms with Crippen LogP contribution in [0.5, 0.6) is 0 Å². The Hall–Kier alpha value is -1.84. The molecule has 0 unspecified atom stereocenters. The highest BCUT2D eigenvalue weighted by Gasteiger charge is 2.16. The zero-order valence-corrected chi connectivity index (χ0v) is 11.9. The molecule has 4 nitrogen and oxygen atoms in total. The SMILES string of the molecule is CCc1ccc(C(=O)NCC(=O)OC(C)(C)C)cc1. The van der Waals surface area contributed by atoms with Crippen molar-refractivity contribution in [2.75, 3.05) is 6.54 Å². The van der Waals surface area contributed by atoms with Crippen LogP contribution in [-0.4, -0.2) is 24.0 Å². The average molecular weight is 263 g/mol. The molecule has 0 radical (unpaired) electrons. The monoisotopic (exact) mass is 263 g/mol. The molecule has 0 aliphatic heterocycles. The van der Waals surface area contributed by atoms with Crippen LogP contribution in [-0.2, 0) is 16.0 Å². The number of benzene rings is 1. The number of carbonyl (C=O) groups excluding carboxylic acids is 2. The summed E-state index contributed by atoms with van der Waals surface area (Å²) in [6.07, 6.45) is 0.930. The highest BCUT2D eigenvalue weighted by molar-refractivity contribution is 5.95. The van der Waals surface area contributed by atoms with Crippen molar-refractivity contribution < 1.29 is 14.3 Å². The Balaban J connectivity index is 2.49. The number of hydrogen-bond donors (Lipinski definition) is 1. The molecule has 19 heavy (non-hydrogen) atoms. The number of nitrogens with one attached hydrogen (secondary N) is 1. The second-order valence-electron chi connectivity index (χ2n) is 5.32. The highest BCUT2D eigenvalue weighted by atomic mass is 16.6. The van der Waals surface area contributed by atoms with E-state index in [1.54, 1.807) is 32.9 Å². The average Bonchev–Trinajstić information content (AvgIpc) is 2.34. The third-order valence-corrected chi connectivity index (χ3v) is 2.44. The molecule has 0 aliphatic rings. The predicted molar refractivity (Wildman–Crippen MR) is 74.0 cm³/mol. The Kier molecular flexibility index (Phi) is 5.10. The van der Waals surface area contributed by atoms with Gasteiger partial charge < -0.3 is 10.1 Å². The number of aryl methyl sites for hydroxylation is 1. The molecule has 0 saturated heterocycles. The van der Waals surface area contributed by atoms with Gasteiger partial charge in [-0.05, 0) is 44.9 Å². The van der Waals surface area contributed by atoms with Crippen LogP contribution >= 0.6 is 0 Å². The minimum Gasteiger partial charge on any atom is -0.459 e. The van der Waals surface area contributed by atoms with E-state index in [0.717, 1.165) is 6.42 Å². The van der Waals surface area contributed by atoms with Gasteiger partial charge in [-0.25, -0.2) is 0 Å². The fraction of sp³-hybridized carbons (Fsp3) is 0.467. The summed E-state index contributed by atoms with van der Waals surface area (Å²) in [6.45, 7) is 7.30. The van der Waals surface area contributed by atoms with E-state index in [2.05, 4.69) is 12.2 Å². The van der Waals surface area contributed by atoms with Crippen molar-refractivity contribution >= 4 is 11.9 Å². The van der Waals surface area contributed by atoms with Gasteiger partial charge in [0.25, 0.3) is 5.91 Å². The van der Waals surface area contributed by atoms with Crippen LogP contribution in [0.4, 0.5) is 0 Å². The van der Waals surface area contributed by atoms with Gasteiger partial charge in [-0.2, -0.15) is 0 Å². The molecule has 0 bridgehead atoms. The second kappa shape index (κ2) is 6.36. The van der Waals surface area contributed by atoms with Gasteiger partial charge >= 0.3 is 5.97 Å². The van der Waals surface area contributed by atoms with E-state index in [0.29, 0.717) is 5.56 Å². The molecule has 1 aromatic carbocycles. The van der Waals surface area contributed by atoms with Crippen molar-refractivity contribution in [3.8, 4) is 0 Å². The first-order valence-corrected chi connectivity index (χ1v) is 6.41. The van der Waals surface area contributed by atoms with Gasteiger partial charge in [0.2, 0.25) is 0 Å². The molecular weight excluding hydrogens is 242 g/mol. The molecule has 104 valence electrons. The highest BCUT2D eigenvalue weighted by Crippen LogP contribution is 2.07. The molecule has 4 heteroatoms. The topological polar surface area (TPSA) is 55.4 Å². The van der Waals surface area contributed by atoms with Crippen molar-refractivity contribution in [3.05, 3.63) is 35.4 Å². The van der Waals surface area contributed by atoms with Gasteiger partial charge in [-0.3, -0.25) is 9.59 Å². The van der Waals surface area contributed by atoms with Crippen LogP contribution in [0.1, 0.15) is 43.6 Å². The van der Waals surface area contributed by atoms with E-state index in [9.17, 15) is 9.59 Å². The molecule has 0 heterocycles. The molecule has 0 saturated carbocycles. The fourth-order valence-corrected chi connectivity index (χ4v) is 1.52. The van der Waals surface area contributed by atoms with Gasteiger partial charge in [0.05, 0.1) is 0 Å². The molecule has 0 atom stereocenters. The van der Waals surface area contributed by atoms with Gasteiger partial charge in [0.15, 0.2) is 0 Å². The Morgan fingerprint density at radius 1 is 1.16 bits per heavy atom. The molecule has 0 fully saturated rings. The van der Waals surface area contributed by atoms with Crippen LogP contribution in [0.25, 0.3) is 0 Å². The van der Waals surface area contributed by atoms with E-state index >= 15 is 0 Å². The number of amides is 1. The Bertz CT molecular complexity index is 443. The quantitative estimate of drug-likeness (QED) is 0.848. The molecule has 0 aliphatic carbocycles. The maximum Gasteiger partial charge on any atom is 0.325 e. The molecule has 1 rings (SSSR count). The summed E-state index contributed by atoms with van der Waals surface area (Å²) in [7, 11) is 0. The van der Waals surface area contributed by atoms with E-state index in [1.807, 2.05) is 12.1 Å². The maximum atomic E-state index is 11.8. The van der Waals surface area contributed by atoms with E-state index in [1.165, 1.54) is 5.56 Å². The third kappa shape index (κ3) is 5.55. The summed E-state index contributed by atoms with van der Waals surface area (Å²) in [4.78, 5) is 23.3. The van der Waals surface area contributed by atoms with Gasteiger partial charge in [-0.15, -0.1) is 0 Å². The maximum absolute atomic E-state index is 11.8. The van der Waals surface area contributed by atoms with Crippen LogP contribution in [0.15, 0.2) is 24.3 Å². The molecule has 0 spiro atoms. The van der Waals surface area contributed by atoms with E-state index < -0.39 is 11.6 Å². The predicted octanol–water partition coefficient (Wildman–Crippen LogP) is 2.32. The van der Waals surface area contributed by atoms with Crippen molar-refractivity contribution in [2.45, 2.75) is 39.7 Å². The first kappa shape index (κ1) is 15.2. The minimum atomic E-state index is -0.537. The zero-order valence-electron chi connectivity index (χ0n) is 11.9. The third-order valence-electron chi connectivity index (χ3n) is 2.44. The van der Waals surface area contributed by atoms with Crippen molar-refractivity contribution in [1.82, 2.24) is 5.32 Å². The lowest BCUT2D eigenvalue weighted by atomic mass is 10.1. The molecular formula is C15H21NO3. The summed E-state index contributed by atoms with van der Waals surface area (Å²) < 4.78 is 5.11. The Labute approximate surface area is 114 Å². The number of ether oxygens (including phenoxy) is 1. The first-order chi connectivity index (χ1) is 8.81. The zero-order chi connectivity index (χ0) is 14.5. The van der Waals surface area contributed by atoms with Gasteiger partial charge in [-0.1, -0.05) is 19.1 Å². The Morgan fingerprint density at radius 2 is 1.74 bits per heavy atom. The summed E-state index contributed by atoms with van der Waals surface area (Å²) >= 11 is 0. The molecule has 1 N–H and O–H groups in total. The van der Waals surface area contributed by atoms with Crippen LogP contribution in [0.3, 0.4) is 0 Å². The number of hydrogen-bond acceptors (Lipinski definition) is 3. The summed E-state index contributed by atoms with van der Waals surface area (Å²) in [5.74, 6) is -0.709. The normalized spacial score (nSPS) is 10.9. The first-order valence-electron chi connectivity index (χ1n) is 6.41. The lowest BCUT2D eigenvalue weighted by Gasteiger charge is -2.19. The second-order valence-corrected chi connectivity index (χ2v) is 5.32. The molecule has 1 amide bonds. The van der Waals surface area contributed by atoms with E-state index in [4.69, 9.17) is 4.74 Å². The van der Waals surface area contributed by atoms with E-state index in [-0.39, 0.29) is 12.5 Å². The summed E-state index contributed by atoms with van der Waals surface area (Å²) in [5.41, 5.74) is 1.18. The van der Waals surface area contributed by atoms with Crippen LogP contribution < -0.4 is 5.32 Å². The van der Waals surface area contributed by atoms with Crippen LogP contribution in [0, 0.1) is 0 Å². The summed E-state index contributed by atoms with van der Waals surface area (Å²) in [5, 5.41) is 2.55. The Morgan fingerprint density at radius 3 is 2.21 bits per heavy atom. The lowest BCUT2D eigenvalue weighted by molar-refractivity contribution is -0.153. The fourth-order valence-electron chi connectivity index (χ4n) is 1.52. The smallest absolute Gasteiger partial charge is 0.325 e. The number of rotatable bonds is 4. The minimum absolute atomic E-state index is 0.119. The molecule has 1 aromatic rings. The van der Waals surface area contributed by atoms with Crippen molar-refractivity contribution in [2.24, 2.45) is 0 Å². The number of carbonyl (C=O) groups is 2. The van der Waals surface area contributed by atoms with Crippen molar-refractivity contribution in [1.29, 1.82) is 0 Å². The lowest BCUT2D eigenvalue weighted by Crippen LogP contribution is -2.34. The standard InChI is InChI=1S/C15H21NO3/c1-5-11-6-8-12(9-7-11)14(18)16-10-13(17)19-15(2,3)4/h6-9H,5,10H2,1-4H3,(H,16,18). The van der Waals surface area contributed by atoms with Gasteiger partial charge in [0.1, 0.15) is 12.1 Å². The number of esters is 1. The molecule has 0 aromatic heterocycles. The largest absolute Gasteiger partial charge is 0.459 e. The van der Waals surface area contributed by atoms with Gasteiger partial charge in [0, 0.05) is 5.56 Å². The summed E-state index contributed by atoms with van der Waals surface area (Å²) in [6, 6.07) is 7.32. The van der Waals surface area contributed by atoms with Crippen molar-refractivity contribution in [3.63, 3.8) is 0 Å². The van der Waals surface area contributed by atoms with Crippen LogP contribution in [0.2, 0.25) is 0 Å².